The highest BCUT2D eigenvalue weighted by molar-refractivity contribution is 5.25. The molecule has 2 heterocycles. The average molecular weight is 245 g/mol. The molecular weight excluding hydrogens is 226 g/mol. The molecule has 1 atom stereocenters. The molecule has 0 saturated carbocycles. The van der Waals surface area contributed by atoms with Gasteiger partial charge in [-0.15, -0.1) is 0 Å². The summed E-state index contributed by atoms with van der Waals surface area (Å²) in [5.74, 6) is 0.898. The van der Waals surface area contributed by atoms with E-state index in [1.54, 1.807) is 6.33 Å². The van der Waals surface area contributed by atoms with Crippen molar-refractivity contribution < 1.29 is 0 Å². The van der Waals surface area contributed by atoms with Crippen LogP contribution in [0, 0.1) is 6.92 Å². The van der Waals surface area contributed by atoms with Crippen LogP contribution >= 0.6 is 0 Å². The van der Waals surface area contributed by atoms with Crippen LogP contribution in [0.2, 0.25) is 0 Å². The van der Waals surface area contributed by atoms with Crippen LogP contribution in [0.5, 0.6) is 0 Å². The molecule has 0 aliphatic carbocycles. The van der Waals surface area contributed by atoms with E-state index in [2.05, 4.69) is 47.2 Å². The second kappa shape index (κ2) is 5.27. The molecule has 5 nitrogen and oxygen atoms in total. The minimum atomic E-state index is -0.0314. The van der Waals surface area contributed by atoms with Crippen molar-refractivity contribution >= 4 is 0 Å². The van der Waals surface area contributed by atoms with Gasteiger partial charge in [0, 0.05) is 12.2 Å². The average Bonchev–Trinajstić information content (AvgIpc) is 2.82. The monoisotopic (exact) mass is 245 g/mol. The van der Waals surface area contributed by atoms with E-state index in [9.17, 15) is 0 Å². The summed E-state index contributed by atoms with van der Waals surface area (Å²) in [5, 5.41) is 7.55. The molecule has 0 bridgehead atoms. The van der Waals surface area contributed by atoms with Crippen LogP contribution in [0.4, 0.5) is 0 Å². The molecule has 0 spiro atoms. The van der Waals surface area contributed by atoms with Crippen LogP contribution in [-0.2, 0) is 0 Å². The topological polar surface area (TPSA) is 55.6 Å². The molecular formula is C13H19N5. The molecule has 0 radical (unpaired) electrons. The van der Waals surface area contributed by atoms with Crippen molar-refractivity contribution in [1.29, 1.82) is 0 Å². The molecule has 0 fully saturated rings. The lowest BCUT2D eigenvalue weighted by molar-refractivity contribution is 0.473. The van der Waals surface area contributed by atoms with Gasteiger partial charge in [-0.25, -0.2) is 9.67 Å². The number of aromatic nitrogens is 4. The first-order valence-electron chi connectivity index (χ1n) is 6.13. The van der Waals surface area contributed by atoms with Gasteiger partial charge in [-0.2, -0.15) is 5.10 Å². The molecule has 2 aromatic rings. The Kier molecular flexibility index (Phi) is 3.72. The van der Waals surface area contributed by atoms with E-state index in [0.29, 0.717) is 0 Å². The number of nitrogens with one attached hydrogen (secondary N) is 1. The third-order valence-corrected chi connectivity index (χ3v) is 2.96. The Morgan fingerprint density at radius 2 is 2.06 bits per heavy atom. The summed E-state index contributed by atoms with van der Waals surface area (Å²) in [6, 6.07) is 4.25. The Balaban J connectivity index is 2.46. The van der Waals surface area contributed by atoms with Crippen molar-refractivity contribution in [2.45, 2.75) is 32.9 Å². The number of hydrogen-bond acceptors (Lipinski definition) is 4. The highest BCUT2D eigenvalue weighted by Crippen LogP contribution is 2.22. The third kappa shape index (κ3) is 2.26. The summed E-state index contributed by atoms with van der Waals surface area (Å²) in [6.45, 7) is 6.25. The zero-order valence-electron chi connectivity index (χ0n) is 11.3. The predicted molar refractivity (Wildman–Crippen MR) is 70.3 cm³/mol. The van der Waals surface area contributed by atoms with Crippen LogP contribution in [0.15, 0.2) is 24.7 Å². The number of hydrogen-bond donors (Lipinski definition) is 1. The van der Waals surface area contributed by atoms with Gasteiger partial charge in [0.1, 0.15) is 18.2 Å². The molecule has 18 heavy (non-hydrogen) atoms. The first-order chi connectivity index (χ1) is 8.65. The van der Waals surface area contributed by atoms with E-state index in [1.807, 2.05) is 24.0 Å². The zero-order valence-corrected chi connectivity index (χ0v) is 11.3. The van der Waals surface area contributed by atoms with Crippen LogP contribution < -0.4 is 5.32 Å². The third-order valence-electron chi connectivity index (χ3n) is 2.96. The Labute approximate surface area is 107 Å². The molecule has 96 valence electrons. The van der Waals surface area contributed by atoms with E-state index in [4.69, 9.17) is 0 Å². The zero-order chi connectivity index (χ0) is 13.1. The Bertz CT molecular complexity index is 518. The van der Waals surface area contributed by atoms with Gasteiger partial charge >= 0.3 is 0 Å². The first-order valence-corrected chi connectivity index (χ1v) is 6.13. The Hall–Kier alpha value is -1.75. The van der Waals surface area contributed by atoms with E-state index in [1.165, 1.54) is 0 Å². The van der Waals surface area contributed by atoms with Crippen molar-refractivity contribution in [1.82, 2.24) is 25.1 Å². The van der Waals surface area contributed by atoms with Gasteiger partial charge in [0.15, 0.2) is 0 Å². The van der Waals surface area contributed by atoms with E-state index in [-0.39, 0.29) is 12.1 Å². The molecule has 0 saturated heterocycles. The second-order valence-corrected chi connectivity index (χ2v) is 4.58. The van der Waals surface area contributed by atoms with Gasteiger partial charge < -0.3 is 5.32 Å². The van der Waals surface area contributed by atoms with Gasteiger partial charge in [0.25, 0.3) is 0 Å². The normalized spacial score (nSPS) is 12.9. The molecule has 0 amide bonds. The van der Waals surface area contributed by atoms with E-state index >= 15 is 0 Å². The van der Waals surface area contributed by atoms with Gasteiger partial charge in [-0.3, -0.25) is 4.98 Å². The number of nitrogens with zero attached hydrogens (tertiary/aromatic N) is 4. The fraction of sp³-hybridized carbons (Fsp3) is 0.462. The maximum Gasteiger partial charge on any atom is 0.150 e. The van der Waals surface area contributed by atoms with Crippen LogP contribution in [0.3, 0.4) is 0 Å². The van der Waals surface area contributed by atoms with Crippen LogP contribution in [0.25, 0.3) is 0 Å². The first kappa shape index (κ1) is 12.7. The lowest BCUT2D eigenvalue weighted by Crippen LogP contribution is -2.25. The molecule has 5 heteroatoms. The number of rotatable bonds is 4. The lowest BCUT2D eigenvalue weighted by Gasteiger charge is -2.19. The molecule has 0 aliphatic rings. The second-order valence-electron chi connectivity index (χ2n) is 4.58. The maximum atomic E-state index is 4.46. The molecule has 2 aromatic heterocycles. The van der Waals surface area contributed by atoms with Crippen molar-refractivity contribution in [3.63, 3.8) is 0 Å². The smallest absolute Gasteiger partial charge is 0.150 e. The van der Waals surface area contributed by atoms with Crippen LogP contribution in [-0.4, -0.2) is 26.8 Å². The lowest BCUT2D eigenvalue weighted by atomic mass is 10.1. The van der Waals surface area contributed by atoms with Crippen molar-refractivity contribution in [2.75, 3.05) is 7.05 Å². The minimum Gasteiger partial charge on any atom is -0.305 e. The van der Waals surface area contributed by atoms with Crippen molar-refractivity contribution in [3.8, 4) is 0 Å². The highest BCUT2D eigenvalue weighted by atomic mass is 15.4. The summed E-state index contributed by atoms with van der Waals surface area (Å²) < 4.78 is 1.93. The van der Waals surface area contributed by atoms with Gasteiger partial charge in [0.2, 0.25) is 0 Å². The summed E-state index contributed by atoms with van der Waals surface area (Å²) in [7, 11) is 1.91. The van der Waals surface area contributed by atoms with Gasteiger partial charge in [-0.1, -0.05) is 6.07 Å². The van der Waals surface area contributed by atoms with Gasteiger partial charge in [0.05, 0.1) is 5.69 Å². The Morgan fingerprint density at radius 3 is 2.67 bits per heavy atom. The fourth-order valence-corrected chi connectivity index (χ4v) is 2.05. The molecule has 0 aliphatic heterocycles. The summed E-state index contributed by atoms with van der Waals surface area (Å²) in [4.78, 5) is 8.84. The van der Waals surface area contributed by atoms with Crippen LogP contribution in [0.1, 0.15) is 43.0 Å². The standard InChI is InChI=1S/C13H19N5/c1-9(2)18-13(16-8-17-18)12(14-4)11-10(3)6-5-7-15-11/h5-9,12,14H,1-4H3. The van der Waals surface area contributed by atoms with Crippen molar-refractivity contribution in [2.24, 2.45) is 0 Å². The predicted octanol–water partition coefficient (Wildman–Crippen LogP) is 1.87. The SMILES string of the molecule is CNC(c1ncccc1C)c1ncnn1C(C)C. The van der Waals surface area contributed by atoms with E-state index < -0.39 is 0 Å². The molecule has 2 rings (SSSR count). The van der Waals surface area contributed by atoms with E-state index in [0.717, 1.165) is 17.1 Å². The summed E-state index contributed by atoms with van der Waals surface area (Å²) in [6.07, 6.45) is 3.40. The number of pyridine rings is 1. The quantitative estimate of drug-likeness (QED) is 0.893. The number of aryl methyl sites for hydroxylation is 1. The fourth-order valence-electron chi connectivity index (χ4n) is 2.05. The minimum absolute atomic E-state index is 0.0314. The maximum absolute atomic E-state index is 4.46. The summed E-state index contributed by atoms with van der Waals surface area (Å²) in [5.41, 5.74) is 2.14. The molecule has 0 aromatic carbocycles. The summed E-state index contributed by atoms with van der Waals surface area (Å²) >= 11 is 0. The van der Waals surface area contributed by atoms with Gasteiger partial charge in [-0.05, 0) is 39.4 Å². The molecule has 1 N–H and O–H groups in total. The van der Waals surface area contributed by atoms with Crippen molar-refractivity contribution in [3.05, 3.63) is 41.7 Å². The molecule has 1 unspecified atom stereocenters. The highest BCUT2D eigenvalue weighted by Gasteiger charge is 2.22. The Morgan fingerprint density at radius 1 is 1.28 bits per heavy atom. The largest absolute Gasteiger partial charge is 0.305 e.